The molecule has 0 unspecified atom stereocenters. The van der Waals surface area contributed by atoms with Crippen molar-refractivity contribution in [2.24, 2.45) is 0 Å². The average molecular weight is 254 g/mol. The largest absolute Gasteiger partial charge is 0.402 e. The lowest BCUT2D eigenvalue weighted by atomic mass is 9.96. The minimum atomic E-state index is -1.83. The van der Waals surface area contributed by atoms with Gasteiger partial charge in [0.1, 0.15) is 5.60 Å². The Bertz CT molecular complexity index is 315. The van der Waals surface area contributed by atoms with E-state index in [0.29, 0.717) is 6.61 Å². The number of rotatable bonds is 3. The topological polar surface area (TPSA) is 18.5 Å². The van der Waals surface area contributed by atoms with Crippen molar-refractivity contribution < 1.29 is 9.16 Å². The van der Waals surface area contributed by atoms with E-state index in [1.807, 2.05) is 12.2 Å². The first-order valence-electron chi connectivity index (χ1n) is 6.28. The molecular formula is C14H26O2Si. The van der Waals surface area contributed by atoms with Crippen molar-refractivity contribution in [3.05, 3.63) is 24.8 Å². The van der Waals surface area contributed by atoms with Crippen LogP contribution < -0.4 is 0 Å². The van der Waals surface area contributed by atoms with Crippen LogP contribution in [0, 0.1) is 0 Å². The number of hydrogen-bond donors (Lipinski definition) is 0. The number of hydrogen-bond acceptors (Lipinski definition) is 2. The maximum absolute atomic E-state index is 6.50. The molecule has 0 radical (unpaired) electrons. The zero-order chi connectivity index (χ0) is 13.3. The maximum atomic E-state index is 6.50. The third kappa shape index (κ3) is 2.90. The van der Waals surface area contributed by atoms with Crippen LogP contribution in [-0.2, 0) is 9.16 Å². The highest BCUT2D eigenvalue weighted by molar-refractivity contribution is 6.74. The van der Waals surface area contributed by atoms with Crippen molar-refractivity contribution in [2.75, 3.05) is 6.61 Å². The Balaban J connectivity index is 3.01. The van der Waals surface area contributed by atoms with Gasteiger partial charge in [-0.05, 0) is 31.1 Å². The van der Waals surface area contributed by atoms with Gasteiger partial charge in [0, 0.05) is 0 Å². The van der Waals surface area contributed by atoms with Crippen LogP contribution in [-0.4, -0.2) is 26.6 Å². The van der Waals surface area contributed by atoms with Crippen molar-refractivity contribution in [3.8, 4) is 0 Å². The molecule has 17 heavy (non-hydrogen) atoms. The summed E-state index contributed by atoms with van der Waals surface area (Å²) in [5.74, 6) is 0. The van der Waals surface area contributed by atoms with E-state index in [2.05, 4.69) is 53.4 Å². The van der Waals surface area contributed by atoms with Crippen LogP contribution in [0.25, 0.3) is 0 Å². The SMILES string of the molecule is C=C[C@@]1(O[Si](C)(C)C(C)(C)C)C=CCO[C@H]1C. The maximum Gasteiger partial charge on any atom is 0.193 e. The highest BCUT2D eigenvalue weighted by Gasteiger charge is 2.45. The number of ether oxygens (including phenoxy) is 1. The second kappa shape index (κ2) is 4.71. The fraction of sp³-hybridized carbons (Fsp3) is 0.714. The Morgan fingerprint density at radius 2 is 2.06 bits per heavy atom. The fourth-order valence-electron chi connectivity index (χ4n) is 1.69. The van der Waals surface area contributed by atoms with Gasteiger partial charge in [0.25, 0.3) is 0 Å². The molecule has 0 amide bonds. The Labute approximate surface area is 107 Å². The summed E-state index contributed by atoms with van der Waals surface area (Å²) >= 11 is 0. The molecule has 1 aliphatic rings. The standard InChI is InChI=1S/C14H26O2Si/c1-8-14(10-9-11-15-12(14)2)16-17(6,7)13(3,4)5/h8-10,12H,1,11H2,2-7H3/t12-,14+/m0/s1. The minimum Gasteiger partial charge on any atom is -0.402 e. The molecule has 0 aromatic carbocycles. The predicted molar refractivity (Wildman–Crippen MR) is 75.8 cm³/mol. The highest BCUT2D eigenvalue weighted by atomic mass is 28.4. The van der Waals surface area contributed by atoms with Crippen molar-refractivity contribution >= 4 is 8.32 Å². The first-order valence-corrected chi connectivity index (χ1v) is 9.18. The smallest absolute Gasteiger partial charge is 0.193 e. The summed E-state index contributed by atoms with van der Waals surface area (Å²) in [4.78, 5) is 0. The molecule has 0 fully saturated rings. The molecule has 1 heterocycles. The quantitative estimate of drug-likeness (QED) is 0.561. The second-order valence-corrected chi connectivity index (χ2v) is 11.0. The molecule has 0 spiro atoms. The zero-order valence-corrected chi connectivity index (χ0v) is 13.0. The monoisotopic (exact) mass is 254 g/mol. The average Bonchev–Trinajstić information content (AvgIpc) is 2.19. The summed E-state index contributed by atoms with van der Waals surface area (Å²) in [5.41, 5.74) is -0.457. The Kier molecular flexibility index (Phi) is 4.07. The predicted octanol–water partition coefficient (Wildman–Crippen LogP) is 3.91. The summed E-state index contributed by atoms with van der Waals surface area (Å²) in [6, 6.07) is 0. The molecule has 1 aliphatic heterocycles. The lowest BCUT2D eigenvalue weighted by Crippen LogP contribution is -2.54. The van der Waals surface area contributed by atoms with Crippen molar-refractivity contribution in [3.63, 3.8) is 0 Å². The van der Waals surface area contributed by atoms with Crippen LogP contribution in [0.2, 0.25) is 18.1 Å². The Hall–Kier alpha value is -0.383. The molecule has 3 heteroatoms. The highest BCUT2D eigenvalue weighted by Crippen LogP contribution is 2.41. The van der Waals surface area contributed by atoms with Crippen LogP contribution in [0.15, 0.2) is 24.8 Å². The molecule has 0 saturated carbocycles. The summed E-state index contributed by atoms with van der Waals surface area (Å²) in [7, 11) is -1.83. The summed E-state index contributed by atoms with van der Waals surface area (Å²) in [6.45, 7) is 17.9. The fourth-order valence-corrected chi connectivity index (χ4v) is 3.19. The molecule has 2 nitrogen and oxygen atoms in total. The van der Waals surface area contributed by atoms with Crippen LogP contribution in [0.5, 0.6) is 0 Å². The van der Waals surface area contributed by atoms with E-state index < -0.39 is 13.9 Å². The van der Waals surface area contributed by atoms with Gasteiger partial charge in [-0.2, -0.15) is 0 Å². The van der Waals surface area contributed by atoms with Gasteiger partial charge in [-0.3, -0.25) is 0 Å². The molecule has 98 valence electrons. The lowest BCUT2D eigenvalue weighted by Gasteiger charge is -2.46. The van der Waals surface area contributed by atoms with Crippen LogP contribution in [0.3, 0.4) is 0 Å². The van der Waals surface area contributed by atoms with E-state index in [4.69, 9.17) is 9.16 Å². The van der Waals surface area contributed by atoms with Crippen molar-refractivity contribution in [2.45, 2.75) is 57.5 Å². The first-order chi connectivity index (χ1) is 7.65. The summed E-state index contributed by atoms with van der Waals surface area (Å²) in [5, 5.41) is 0.189. The van der Waals surface area contributed by atoms with Gasteiger partial charge >= 0.3 is 0 Å². The molecule has 0 N–H and O–H groups in total. The minimum absolute atomic E-state index is 0.0270. The van der Waals surface area contributed by atoms with Gasteiger partial charge < -0.3 is 9.16 Å². The van der Waals surface area contributed by atoms with E-state index in [1.165, 1.54) is 0 Å². The van der Waals surface area contributed by atoms with E-state index in [0.717, 1.165) is 0 Å². The molecule has 1 rings (SSSR count). The normalized spacial score (nSPS) is 30.4. The molecule has 2 atom stereocenters. The Morgan fingerprint density at radius 3 is 2.47 bits per heavy atom. The summed E-state index contributed by atoms with van der Waals surface area (Å²) in [6.07, 6.45) is 6.04. The van der Waals surface area contributed by atoms with Crippen LogP contribution >= 0.6 is 0 Å². The van der Waals surface area contributed by atoms with E-state index >= 15 is 0 Å². The van der Waals surface area contributed by atoms with Gasteiger partial charge in [-0.15, -0.1) is 0 Å². The molecule has 0 aromatic heterocycles. The lowest BCUT2D eigenvalue weighted by molar-refractivity contribution is -0.0386. The molecule has 0 aliphatic carbocycles. The first kappa shape index (κ1) is 14.7. The van der Waals surface area contributed by atoms with E-state index in [-0.39, 0.29) is 11.1 Å². The van der Waals surface area contributed by atoms with Crippen molar-refractivity contribution in [1.29, 1.82) is 0 Å². The molecule has 0 bridgehead atoms. The van der Waals surface area contributed by atoms with E-state index in [9.17, 15) is 0 Å². The zero-order valence-electron chi connectivity index (χ0n) is 12.0. The van der Waals surface area contributed by atoms with Crippen LogP contribution in [0.4, 0.5) is 0 Å². The third-order valence-corrected chi connectivity index (χ3v) is 8.49. The van der Waals surface area contributed by atoms with E-state index in [1.54, 1.807) is 0 Å². The third-order valence-electron chi connectivity index (χ3n) is 4.01. The Morgan fingerprint density at radius 1 is 1.47 bits per heavy atom. The van der Waals surface area contributed by atoms with Crippen LogP contribution in [0.1, 0.15) is 27.7 Å². The van der Waals surface area contributed by atoms with Crippen molar-refractivity contribution in [1.82, 2.24) is 0 Å². The van der Waals surface area contributed by atoms with Gasteiger partial charge in [0.15, 0.2) is 8.32 Å². The summed E-state index contributed by atoms with van der Waals surface area (Å²) < 4.78 is 12.2. The second-order valence-electron chi connectivity index (χ2n) is 6.30. The molecule has 0 aromatic rings. The van der Waals surface area contributed by atoms with Gasteiger partial charge in [0.2, 0.25) is 0 Å². The molecular weight excluding hydrogens is 228 g/mol. The van der Waals surface area contributed by atoms with Gasteiger partial charge in [-0.25, -0.2) is 0 Å². The molecule has 0 saturated heterocycles. The van der Waals surface area contributed by atoms with Gasteiger partial charge in [-0.1, -0.05) is 39.5 Å². The van der Waals surface area contributed by atoms with Gasteiger partial charge in [0.05, 0.1) is 12.7 Å².